The quantitative estimate of drug-likeness (QED) is 0.856. The van der Waals surface area contributed by atoms with Gasteiger partial charge in [0.25, 0.3) is 5.91 Å². The van der Waals surface area contributed by atoms with Gasteiger partial charge in [-0.1, -0.05) is 25.1 Å². The van der Waals surface area contributed by atoms with Crippen LogP contribution in [0.25, 0.3) is 0 Å². The third-order valence-corrected chi connectivity index (χ3v) is 4.15. The second-order valence-corrected chi connectivity index (χ2v) is 6.25. The number of benzene rings is 2. The molecule has 2 amide bonds. The third-order valence-electron chi connectivity index (χ3n) is 4.15. The summed E-state index contributed by atoms with van der Waals surface area (Å²) in [5, 5.41) is 6.63. The molecule has 1 heterocycles. The number of carbonyl (C=O) groups is 2. The molecular formula is C19H16F3N3O2. The van der Waals surface area contributed by atoms with Crippen LogP contribution in [-0.4, -0.2) is 17.5 Å². The van der Waals surface area contributed by atoms with E-state index in [0.717, 1.165) is 23.4 Å². The first kappa shape index (κ1) is 18.6. The molecule has 8 heteroatoms. The molecule has 0 aliphatic carbocycles. The Morgan fingerprint density at radius 2 is 1.89 bits per heavy atom. The van der Waals surface area contributed by atoms with Crippen LogP contribution in [0.3, 0.4) is 0 Å². The maximum Gasteiger partial charge on any atom is 0.416 e. The minimum atomic E-state index is -4.51. The van der Waals surface area contributed by atoms with Crippen LogP contribution < -0.4 is 10.7 Å². The zero-order valence-electron chi connectivity index (χ0n) is 14.3. The lowest BCUT2D eigenvalue weighted by Crippen LogP contribution is -2.31. The molecule has 0 aromatic heterocycles. The molecule has 1 aliphatic rings. The van der Waals surface area contributed by atoms with Gasteiger partial charge >= 0.3 is 6.18 Å². The lowest BCUT2D eigenvalue weighted by molar-refractivity contribution is -0.137. The van der Waals surface area contributed by atoms with Crippen molar-refractivity contribution < 1.29 is 22.8 Å². The van der Waals surface area contributed by atoms with Gasteiger partial charge in [0.2, 0.25) is 5.91 Å². The molecule has 0 bridgehead atoms. The van der Waals surface area contributed by atoms with E-state index in [0.29, 0.717) is 12.1 Å². The molecule has 1 aliphatic heterocycles. The third kappa shape index (κ3) is 4.33. The van der Waals surface area contributed by atoms with Crippen molar-refractivity contribution in [3.8, 4) is 0 Å². The van der Waals surface area contributed by atoms with E-state index in [2.05, 4.69) is 15.8 Å². The van der Waals surface area contributed by atoms with Gasteiger partial charge in [-0.25, -0.2) is 5.43 Å². The number of hydrogen-bond donors (Lipinski definition) is 2. The summed E-state index contributed by atoms with van der Waals surface area (Å²) in [6.45, 7) is 1.89. The molecule has 2 aromatic rings. The fraction of sp³-hybridized carbons (Fsp3) is 0.211. The Kier molecular flexibility index (Phi) is 4.98. The predicted molar refractivity (Wildman–Crippen MR) is 94.3 cm³/mol. The second-order valence-electron chi connectivity index (χ2n) is 6.25. The first-order valence-electron chi connectivity index (χ1n) is 8.19. The molecule has 0 fully saturated rings. The molecule has 2 aromatic carbocycles. The maximum absolute atomic E-state index is 12.8. The molecule has 2 N–H and O–H groups in total. The predicted octanol–water partition coefficient (Wildman–Crippen LogP) is 3.82. The molecule has 3 rings (SSSR count). The molecule has 5 nitrogen and oxygen atoms in total. The average Bonchev–Trinajstić information content (AvgIpc) is 2.62. The summed E-state index contributed by atoms with van der Waals surface area (Å²) in [6, 6.07) is 11.0. The van der Waals surface area contributed by atoms with Crippen molar-refractivity contribution in [2.45, 2.75) is 19.5 Å². The summed E-state index contributed by atoms with van der Waals surface area (Å²) in [5.41, 5.74) is 3.43. The molecule has 0 saturated carbocycles. The van der Waals surface area contributed by atoms with Crippen molar-refractivity contribution in [1.29, 1.82) is 0 Å². The van der Waals surface area contributed by atoms with Crippen LogP contribution in [-0.2, 0) is 11.0 Å². The number of carbonyl (C=O) groups excluding carboxylic acids is 2. The van der Waals surface area contributed by atoms with Gasteiger partial charge in [0.15, 0.2) is 0 Å². The van der Waals surface area contributed by atoms with Crippen LogP contribution in [0, 0.1) is 5.92 Å². The normalized spacial score (nSPS) is 17.1. The Balaban J connectivity index is 1.73. The van der Waals surface area contributed by atoms with Crippen LogP contribution in [0.4, 0.5) is 18.9 Å². The Morgan fingerprint density at radius 1 is 1.19 bits per heavy atom. The Bertz CT molecular complexity index is 905. The molecule has 0 spiro atoms. The highest BCUT2D eigenvalue weighted by Crippen LogP contribution is 2.29. The van der Waals surface area contributed by atoms with E-state index in [4.69, 9.17) is 0 Å². The molecular weight excluding hydrogens is 359 g/mol. The molecule has 1 unspecified atom stereocenters. The molecule has 140 valence electrons. The number of anilines is 1. The number of alkyl halides is 3. The first-order valence-corrected chi connectivity index (χ1v) is 8.19. The number of nitrogens with one attached hydrogen (secondary N) is 2. The highest BCUT2D eigenvalue weighted by molar-refractivity contribution is 6.07. The van der Waals surface area contributed by atoms with Gasteiger partial charge in [0.05, 0.1) is 11.3 Å². The van der Waals surface area contributed by atoms with E-state index < -0.39 is 17.6 Å². The van der Waals surface area contributed by atoms with Crippen LogP contribution in [0.5, 0.6) is 0 Å². The monoisotopic (exact) mass is 375 g/mol. The van der Waals surface area contributed by atoms with Gasteiger partial charge in [-0.3, -0.25) is 9.59 Å². The van der Waals surface area contributed by atoms with E-state index in [1.54, 1.807) is 24.3 Å². The summed E-state index contributed by atoms with van der Waals surface area (Å²) in [4.78, 5) is 23.5. The summed E-state index contributed by atoms with van der Waals surface area (Å²) < 4.78 is 38.3. The van der Waals surface area contributed by atoms with Gasteiger partial charge in [-0.2, -0.15) is 18.3 Å². The number of rotatable bonds is 3. The van der Waals surface area contributed by atoms with Crippen LogP contribution >= 0.6 is 0 Å². The van der Waals surface area contributed by atoms with Gasteiger partial charge in [0.1, 0.15) is 0 Å². The fourth-order valence-electron chi connectivity index (χ4n) is 2.77. The van der Waals surface area contributed by atoms with Crippen molar-refractivity contribution in [2.24, 2.45) is 11.0 Å². The van der Waals surface area contributed by atoms with Gasteiger partial charge < -0.3 is 5.32 Å². The lowest BCUT2D eigenvalue weighted by Gasteiger charge is -2.19. The maximum atomic E-state index is 12.8. The van der Waals surface area contributed by atoms with E-state index in [1.807, 2.05) is 6.92 Å². The highest BCUT2D eigenvalue weighted by Gasteiger charge is 2.31. The van der Waals surface area contributed by atoms with Crippen LogP contribution in [0.15, 0.2) is 53.6 Å². The number of halogens is 3. The highest BCUT2D eigenvalue weighted by atomic mass is 19.4. The molecule has 1 atom stereocenters. The Morgan fingerprint density at radius 3 is 2.52 bits per heavy atom. The van der Waals surface area contributed by atoms with Crippen molar-refractivity contribution in [3.05, 3.63) is 65.2 Å². The average molecular weight is 375 g/mol. The summed E-state index contributed by atoms with van der Waals surface area (Å²) in [6.07, 6.45) is -4.17. The van der Waals surface area contributed by atoms with E-state index >= 15 is 0 Å². The minimum Gasteiger partial charge on any atom is -0.322 e. The number of nitrogens with zero attached hydrogens (tertiary/aromatic N) is 1. The zero-order valence-corrected chi connectivity index (χ0v) is 14.3. The Labute approximate surface area is 153 Å². The van der Waals surface area contributed by atoms with E-state index in [9.17, 15) is 22.8 Å². The molecule has 0 saturated heterocycles. The van der Waals surface area contributed by atoms with E-state index in [-0.39, 0.29) is 17.4 Å². The summed E-state index contributed by atoms with van der Waals surface area (Å²) in [5.74, 6) is -0.815. The number of hydrogen-bond acceptors (Lipinski definition) is 3. The van der Waals surface area contributed by atoms with Crippen molar-refractivity contribution in [1.82, 2.24) is 5.43 Å². The largest absolute Gasteiger partial charge is 0.416 e. The van der Waals surface area contributed by atoms with Crippen LogP contribution in [0.2, 0.25) is 0 Å². The summed E-state index contributed by atoms with van der Waals surface area (Å²) in [7, 11) is 0. The van der Waals surface area contributed by atoms with Gasteiger partial charge in [-0.15, -0.1) is 0 Å². The fourth-order valence-corrected chi connectivity index (χ4v) is 2.77. The van der Waals surface area contributed by atoms with Crippen molar-refractivity contribution in [2.75, 3.05) is 5.32 Å². The SMILES string of the molecule is CC1CC(=O)NN=C1c1ccc(NC(=O)c2cccc(C(F)(F)F)c2)cc1. The second kappa shape index (κ2) is 7.22. The molecule has 0 radical (unpaired) electrons. The number of hydrazone groups is 1. The van der Waals surface area contributed by atoms with Crippen molar-refractivity contribution in [3.63, 3.8) is 0 Å². The standard InChI is InChI=1S/C19H16F3N3O2/c1-11-9-16(26)24-25-17(11)12-5-7-15(8-6-12)23-18(27)13-3-2-4-14(10-13)19(20,21)22/h2-8,10-11H,9H2,1H3,(H,23,27)(H,24,26). The molecule has 27 heavy (non-hydrogen) atoms. The number of amides is 2. The Hall–Kier alpha value is -3.16. The van der Waals surface area contributed by atoms with Gasteiger partial charge in [-0.05, 0) is 35.9 Å². The van der Waals surface area contributed by atoms with E-state index in [1.165, 1.54) is 12.1 Å². The lowest BCUT2D eigenvalue weighted by atomic mass is 9.94. The van der Waals surface area contributed by atoms with Gasteiger partial charge in [0, 0.05) is 23.6 Å². The minimum absolute atomic E-state index is 0.0377. The smallest absolute Gasteiger partial charge is 0.322 e. The topological polar surface area (TPSA) is 70.6 Å². The van der Waals surface area contributed by atoms with Crippen molar-refractivity contribution >= 4 is 23.2 Å². The first-order chi connectivity index (χ1) is 12.7. The van der Waals surface area contributed by atoms with Crippen LogP contribution in [0.1, 0.15) is 34.8 Å². The summed E-state index contributed by atoms with van der Waals surface area (Å²) >= 11 is 0. The zero-order chi connectivity index (χ0) is 19.6.